The van der Waals surface area contributed by atoms with Gasteiger partial charge < -0.3 is 14.7 Å². The Morgan fingerprint density at radius 3 is 2.80 bits per heavy atom. The van der Waals surface area contributed by atoms with Gasteiger partial charge in [-0.25, -0.2) is 4.79 Å². The number of hydrogen-bond acceptors (Lipinski definition) is 4. The van der Waals surface area contributed by atoms with Crippen molar-refractivity contribution in [2.75, 3.05) is 18.6 Å². The maximum Gasteiger partial charge on any atom is 0.337 e. The number of aliphatic hydroxyl groups excluding tert-OH is 1. The van der Waals surface area contributed by atoms with Gasteiger partial charge in [0, 0.05) is 17.1 Å². The number of methoxy groups -OCH3 is 1. The van der Waals surface area contributed by atoms with Crippen LogP contribution in [0.4, 0.5) is 5.69 Å². The molecule has 1 N–H and O–H groups in total. The first-order chi connectivity index (χ1) is 9.43. The van der Waals surface area contributed by atoms with E-state index in [1.54, 1.807) is 6.07 Å². The second kappa shape index (κ2) is 6.14. The Balaban J connectivity index is 2.52. The lowest BCUT2D eigenvalue weighted by molar-refractivity contribution is 0.0600. The molecule has 20 heavy (non-hydrogen) atoms. The maximum absolute atomic E-state index is 11.7. The molecule has 1 unspecified atom stereocenters. The van der Waals surface area contributed by atoms with E-state index in [1.165, 1.54) is 7.11 Å². The molecule has 0 fully saturated rings. The highest BCUT2D eigenvalue weighted by Gasteiger charge is 2.25. The molecule has 110 valence electrons. The number of ether oxygens (including phenoxy) is 1. The van der Waals surface area contributed by atoms with Crippen LogP contribution in [-0.4, -0.2) is 36.9 Å². The van der Waals surface area contributed by atoms with Gasteiger partial charge in [0.1, 0.15) is 0 Å². The summed E-state index contributed by atoms with van der Waals surface area (Å²) < 4.78 is 5.66. The van der Waals surface area contributed by atoms with E-state index < -0.39 is 0 Å². The summed E-state index contributed by atoms with van der Waals surface area (Å²) in [5, 5.41) is 10.0. The lowest BCUT2D eigenvalue weighted by Crippen LogP contribution is -2.37. The van der Waals surface area contributed by atoms with Crippen LogP contribution in [0.2, 0.25) is 0 Å². The fraction of sp³-hybridized carbons (Fsp3) is 0.533. The molecule has 1 aliphatic heterocycles. The number of benzene rings is 1. The van der Waals surface area contributed by atoms with Crippen LogP contribution < -0.4 is 4.90 Å². The molecular weight excluding hydrogens is 322 g/mol. The Hall–Kier alpha value is -1.07. The van der Waals surface area contributed by atoms with Crippen LogP contribution in [0.1, 0.15) is 36.2 Å². The number of hydrogen-bond donors (Lipinski definition) is 1. The topological polar surface area (TPSA) is 49.8 Å². The first-order valence-corrected chi connectivity index (χ1v) is 7.58. The number of anilines is 1. The molecule has 1 aromatic carbocycles. The van der Waals surface area contributed by atoms with Gasteiger partial charge >= 0.3 is 5.97 Å². The number of esters is 1. The molecule has 0 saturated carbocycles. The number of β-amino-alcohol motifs (C(OH)–C–C–N with tert-alkyl or cyclic N) is 1. The molecule has 0 amide bonds. The third-order valence-corrected chi connectivity index (χ3v) is 4.23. The van der Waals surface area contributed by atoms with E-state index in [9.17, 15) is 9.90 Å². The second-order valence-corrected chi connectivity index (χ2v) is 6.25. The molecule has 0 saturated heterocycles. The van der Waals surface area contributed by atoms with Crippen molar-refractivity contribution in [3.8, 4) is 0 Å². The third-order valence-electron chi connectivity index (χ3n) is 3.63. The normalized spacial score (nSPS) is 18.7. The summed E-state index contributed by atoms with van der Waals surface area (Å²) in [5.74, 6) is -0.339. The highest BCUT2D eigenvalue weighted by Crippen LogP contribution is 2.36. The van der Waals surface area contributed by atoms with E-state index in [1.807, 2.05) is 6.07 Å². The van der Waals surface area contributed by atoms with Gasteiger partial charge in [0.25, 0.3) is 0 Å². The van der Waals surface area contributed by atoms with Gasteiger partial charge in [0.15, 0.2) is 0 Å². The van der Waals surface area contributed by atoms with E-state index in [4.69, 9.17) is 4.74 Å². The van der Waals surface area contributed by atoms with Crippen LogP contribution >= 0.6 is 15.9 Å². The zero-order valence-electron chi connectivity index (χ0n) is 12.0. The lowest BCUT2D eigenvalue weighted by Gasteiger charge is -2.31. The number of rotatable bonds is 2. The summed E-state index contributed by atoms with van der Waals surface area (Å²) in [5.41, 5.74) is 2.69. The average Bonchev–Trinajstić information content (AvgIpc) is 2.57. The summed E-state index contributed by atoms with van der Waals surface area (Å²) in [6, 6.07) is 3.94. The molecule has 0 aliphatic carbocycles. The van der Waals surface area contributed by atoms with E-state index >= 15 is 0 Å². The number of fused-ring (bicyclic) bond motifs is 1. The minimum Gasteiger partial charge on any atom is -0.465 e. The third kappa shape index (κ3) is 2.99. The Morgan fingerprint density at radius 2 is 2.20 bits per heavy atom. The average molecular weight is 342 g/mol. The van der Waals surface area contributed by atoms with Crippen molar-refractivity contribution in [3.63, 3.8) is 0 Å². The monoisotopic (exact) mass is 341 g/mol. The van der Waals surface area contributed by atoms with Crippen LogP contribution in [0.5, 0.6) is 0 Å². The van der Waals surface area contributed by atoms with Gasteiger partial charge in [-0.15, -0.1) is 0 Å². The minimum absolute atomic E-state index is 0.279. The van der Waals surface area contributed by atoms with E-state index in [0.717, 1.165) is 22.1 Å². The first-order valence-electron chi connectivity index (χ1n) is 6.79. The van der Waals surface area contributed by atoms with E-state index in [2.05, 4.69) is 34.7 Å². The summed E-state index contributed by atoms with van der Waals surface area (Å²) in [6.07, 6.45) is 1.11. The molecule has 0 bridgehead atoms. The van der Waals surface area contributed by atoms with Crippen molar-refractivity contribution in [2.45, 2.75) is 38.8 Å². The van der Waals surface area contributed by atoms with Crippen molar-refractivity contribution in [1.29, 1.82) is 0 Å². The molecule has 0 spiro atoms. The molecule has 4 nitrogen and oxygen atoms in total. The minimum atomic E-state index is -0.349. The largest absolute Gasteiger partial charge is 0.465 e. The van der Waals surface area contributed by atoms with Crippen LogP contribution in [-0.2, 0) is 11.2 Å². The number of carbonyl (C=O) groups is 1. The maximum atomic E-state index is 11.7. The zero-order chi connectivity index (χ0) is 14.9. The Morgan fingerprint density at radius 1 is 1.50 bits per heavy atom. The van der Waals surface area contributed by atoms with E-state index in [0.29, 0.717) is 18.5 Å². The molecule has 1 aromatic rings. The molecule has 1 atom stereocenters. The summed E-state index contributed by atoms with van der Waals surface area (Å²) in [4.78, 5) is 13.9. The fourth-order valence-electron chi connectivity index (χ4n) is 2.60. The molecule has 1 aliphatic rings. The Kier molecular flexibility index (Phi) is 4.70. The quantitative estimate of drug-likeness (QED) is 0.840. The first kappa shape index (κ1) is 15.3. The van der Waals surface area contributed by atoms with Gasteiger partial charge in [-0.2, -0.15) is 0 Å². The summed E-state index contributed by atoms with van der Waals surface area (Å²) in [6.45, 7) is 4.81. The van der Waals surface area contributed by atoms with Crippen molar-refractivity contribution < 1.29 is 14.6 Å². The van der Waals surface area contributed by atoms with E-state index in [-0.39, 0.29) is 18.1 Å². The fourth-order valence-corrected chi connectivity index (χ4v) is 3.33. The van der Waals surface area contributed by atoms with Gasteiger partial charge in [0.05, 0.1) is 24.5 Å². The Bertz CT molecular complexity index is 516. The zero-order valence-corrected chi connectivity index (χ0v) is 13.6. The smallest absolute Gasteiger partial charge is 0.337 e. The van der Waals surface area contributed by atoms with Crippen LogP contribution in [0, 0.1) is 0 Å². The highest BCUT2D eigenvalue weighted by molar-refractivity contribution is 9.10. The predicted octanol–water partition coefficient (Wildman–Crippen LogP) is 2.76. The van der Waals surface area contributed by atoms with Crippen LogP contribution in [0.15, 0.2) is 16.6 Å². The summed E-state index contributed by atoms with van der Waals surface area (Å²) >= 11 is 3.56. The van der Waals surface area contributed by atoms with Crippen LogP contribution in [0.3, 0.4) is 0 Å². The molecule has 2 rings (SSSR count). The molecule has 0 aromatic heterocycles. The number of halogens is 1. The molecule has 5 heteroatoms. The van der Waals surface area contributed by atoms with Crippen molar-refractivity contribution in [2.24, 2.45) is 0 Å². The van der Waals surface area contributed by atoms with Gasteiger partial charge in [-0.1, -0.05) is 0 Å². The van der Waals surface area contributed by atoms with Gasteiger partial charge in [-0.05, 0) is 60.3 Å². The van der Waals surface area contributed by atoms with Crippen molar-refractivity contribution in [3.05, 3.63) is 27.7 Å². The number of nitrogens with zero attached hydrogens (tertiary/aromatic N) is 1. The SMILES string of the molecule is COC(=O)c1cc(Br)c2c(c1)CCC(O)CN2C(C)C. The predicted molar refractivity (Wildman–Crippen MR) is 82.3 cm³/mol. The summed E-state index contributed by atoms with van der Waals surface area (Å²) in [7, 11) is 1.38. The number of aryl methyl sites for hydroxylation is 1. The molecule has 1 heterocycles. The molecule has 0 radical (unpaired) electrons. The number of aliphatic hydroxyl groups is 1. The molecular formula is C15H20BrNO3. The van der Waals surface area contributed by atoms with Gasteiger partial charge in [0.2, 0.25) is 0 Å². The van der Waals surface area contributed by atoms with Gasteiger partial charge in [-0.3, -0.25) is 0 Å². The van der Waals surface area contributed by atoms with Crippen molar-refractivity contribution >= 4 is 27.6 Å². The van der Waals surface area contributed by atoms with Crippen molar-refractivity contribution in [1.82, 2.24) is 0 Å². The Labute approximate surface area is 127 Å². The van der Waals surface area contributed by atoms with Crippen LogP contribution in [0.25, 0.3) is 0 Å². The second-order valence-electron chi connectivity index (χ2n) is 5.40. The highest BCUT2D eigenvalue weighted by atomic mass is 79.9. The number of carbonyl (C=O) groups excluding carboxylic acids is 1. The standard InChI is InChI=1S/C15H20BrNO3/c1-9(2)17-8-12(18)5-4-10-6-11(15(19)20-3)7-13(16)14(10)17/h6-7,9,12,18H,4-5,8H2,1-3H3. The lowest BCUT2D eigenvalue weighted by atomic mass is 10.0.